The highest BCUT2D eigenvalue weighted by atomic mass is 35.5. The minimum atomic E-state index is -0.0221. The number of aryl methyl sites for hydroxylation is 2. The zero-order chi connectivity index (χ0) is 13.1. The zero-order valence-corrected chi connectivity index (χ0v) is 11.6. The molecule has 0 fully saturated rings. The maximum Gasteiger partial charge on any atom is 0.0955 e. The van der Waals surface area contributed by atoms with Gasteiger partial charge in [-0.25, -0.2) is 0 Å². The highest BCUT2D eigenvalue weighted by Crippen LogP contribution is 2.26. The first-order valence-corrected chi connectivity index (χ1v) is 6.41. The Kier molecular flexibility index (Phi) is 4.04. The summed E-state index contributed by atoms with van der Waals surface area (Å²) >= 11 is 6.22. The summed E-state index contributed by atoms with van der Waals surface area (Å²) in [5.74, 6) is 0. The van der Waals surface area contributed by atoms with E-state index in [1.165, 1.54) is 0 Å². The monoisotopic (exact) mass is 267 g/mol. The minimum Gasteiger partial charge on any atom is -0.304 e. The number of hydrogen-bond acceptors (Lipinski definition) is 3. The van der Waals surface area contributed by atoms with Crippen LogP contribution < -0.4 is 5.32 Å². The van der Waals surface area contributed by atoms with E-state index in [-0.39, 0.29) is 6.04 Å². The fourth-order valence-electron chi connectivity index (χ4n) is 1.96. The van der Waals surface area contributed by atoms with Gasteiger partial charge in [-0.2, -0.15) is 10.2 Å². The van der Waals surface area contributed by atoms with Crippen LogP contribution in [0, 0.1) is 0 Å². The SMILES string of the molecule is CCCNC(c1ccn(C)n1)c1c(Cl)cnn1C. The lowest BCUT2D eigenvalue weighted by molar-refractivity contribution is 0.537. The van der Waals surface area contributed by atoms with Gasteiger partial charge in [-0.15, -0.1) is 0 Å². The number of halogens is 1. The minimum absolute atomic E-state index is 0.0221. The summed E-state index contributed by atoms with van der Waals surface area (Å²) in [4.78, 5) is 0. The van der Waals surface area contributed by atoms with Crippen LogP contribution in [0.4, 0.5) is 0 Å². The highest BCUT2D eigenvalue weighted by Gasteiger charge is 2.22. The normalized spacial score (nSPS) is 12.9. The Morgan fingerprint density at radius 2 is 2.22 bits per heavy atom. The first-order valence-electron chi connectivity index (χ1n) is 6.03. The van der Waals surface area contributed by atoms with E-state index >= 15 is 0 Å². The third-order valence-corrected chi connectivity index (χ3v) is 3.13. The second-order valence-corrected chi connectivity index (χ2v) is 4.71. The van der Waals surface area contributed by atoms with Crippen LogP contribution in [0.15, 0.2) is 18.5 Å². The van der Waals surface area contributed by atoms with E-state index in [0.717, 1.165) is 24.4 Å². The molecule has 2 rings (SSSR count). The van der Waals surface area contributed by atoms with Gasteiger partial charge in [0.2, 0.25) is 0 Å². The second-order valence-electron chi connectivity index (χ2n) is 4.30. The molecule has 0 saturated carbocycles. The van der Waals surface area contributed by atoms with Crippen molar-refractivity contribution in [2.75, 3.05) is 6.54 Å². The Labute approximate surface area is 112 Å². The molecular formula is C12H18ClN5. The van der Waals surface area contributed by atoms with E-state index in [1.807, 2.05) is 26.4 Å². The molecule has 0 bridgehead atoms. The lowest BCUT2D eigenvalue weighted by atomic mass is 10.1. The quantitative estimate of drug-likeness (QED) is 0.900. The first-order chi connectivity index (χ1) is 8.63. The van der Waals surface area contributed by atoms with Crippen molar-refractivity contribution >= 4 is 11.6 Å². The molecule has 98 valence electrons. The van der Waals surface area contributed by atoms with Crippen molar-refractivity contribution in [2.24, 2.45) is 14.1 Å². The molecule has 2 heterocycles. The molecule has 0 radical (unpaired) electrons. The van der Waals surface area contributed by atoms with Crippen molar-refractivity contribution in [1.29, 1.82) is 0 Å². The molecule has 0 aliphatic rings. The molecule has 0 aliphatic carbocycles. The lowest BCUT2D eigenvalue weighted by Crippen LogP contribution is -2.26. The van der Waals surface area contributed by atoms with E-state index in [4.69, 9.17) is 11.6 Å². The van der Waals surface area contributed by atoms with E-state index in [0.29, 0.717) is 5.02 Å². The van der Waals surface area contributed by atoms with Crippen molar-refractivity contribution in [2.45, 2.75) is 19.4 Å². The summed E-state index contributed by atoms with van der Waals surface area (Å²) < 4.78 is 3.59. The van der Waals surface area contributed by atoms with Gasteiger partial charge >= 0.3 is 0 Å². The predicted molar refractivity (Wildman–Crippen MR) is 71.6 cm³/mol. The lowest BCUT2D eigenvalue weighted by Gasteiger charge is -2.17. The Hall–Kier alpha value is -1.33. The Balaban J connectivity index is 2.36. The van der Waals surface area contributed by atoms with E-state index < -0.39 is 0 Å². The molecule has 0 amide bonds. The van der Waals surface area contributed by atoms with Crippen molar-refractivity contribution in [3.05, 3.63) is 34.9 Å². The molecule has 1 atom stereocenters. The van der Waals surface area contributed by atoms with Crippen LogP contribution in [-0.4, -0.2) is 26.1 Å². The molecular weight excluding hydrogens is 250 g/mol. The molecule has 1 unspecified atom stereocenters. The average molecular weight is 268 g/mol. The van der Waals surface area contributed by atoms with Gasteiger partial charge in [0.05, 0.1) is 28.6 Å². The third kappa shape index (κ3) is 2.57. The van der Waals surface area contributed by atoms with Crippen LogP contribution >= 0.6 is 11.6 Å². The van der Waals surface area contributed by atoms with Crippen molar-refractivity contribution in [3.8, 4) is 0 Å². The molecule has 5 nitrogen and oxygen atoms in total. The standard InChI is InChI=1S/C12H18ClN5/c1-4-6-14-11(10-5-7-17(2)16-10)12-9(13)8-15-18(12)3/h5,7-8,11,14H,4,6H2,1-3H3. The average Bonchev–Trinajstić information content (AvgIpc) is 2.90. The zero-order valence-electron chi connectivity index (χ0n) is 10.9. The molecule has 18 heavy (non-hydrogen) atoms. The Bertz CT molecular complexity index is 497. The topological polar surface area (TPSA) is 47.7 Å². The summed E-state index contributed by atoms with van der Waals surface area (Å²) in [6.07, 6.45) is 4.65. The molecule has 0 aromatic carbocycles. The van der Waals surface area contributed by atoms with Crippen LogP contribution in [0.3, 0.4) is 0 Å². The van der Waals surface area contributed by atoms with E-state index in [1.54, 1.807) is 15.6 Å². The number of nitrogens with one attached hydrogen (secondary N) is 1. The predicted octanol–water partition coefficient (Wildman–Crippen LogP) is 1.90. The van der Waals surface area contributed by atoms with Crippen LogP contribution in [-0.2, 0) is 14.1 Å². The summed E-state index contributed by atoms with van der Waals surface area (Å²) in [6, 6.07) is 1.97. The largest absolute Gasteiger partial charge is 0.304 e. The van der Waals surface area contributed by atoms with Crippen molar-refractivity contribution in [3.63, 3.8) is 0 Å². The van der Waals surface area contributed by atoms with Gasteiger partial charge in [0.25, 0.3) is 0 Å². The fourth-order valence-corrected chi connectivity index (χ4v) is 2.24. The Morgan fingerprint density at radius 1 is 1.44 bits per heavy atom. The number of rotatable bonds is 5. The van der Waals surface area contributed by atoms with Gasteiger partial charge in [-0.05, 0) is 19.0 Å². The fraction of sp³-hybridized carbons (Fsp3) is 0.500. The van der Waals surface area contributed by atoms with Crippen LogP contribution in [0.2, 0.25) is 5.02 Å². The molecule has 0 saturated heterocycles. The van der Waals surface area contributed by atoms with Crippen LogP contribution in [0.5, 0.6) is 0 Å². The Morgan fingerprint density at radius 3 is 2.72 bits per heavy atom. The number of hydrogen-bond donors (Lipinski definition) is 1. The van der Waals surface area contributed by atoms with Crippen molar-refractivity contribution in [1.82, 2.24) is 24.9 Å². The summed E-state index contributed by atoms with van der Waals surface area (Å²) in [6.45, 7) is 3.04. The summed E-state index contributed by atoms with van der Waals surface area (Å²) in [5, 5.41) is 12.8. The van der Waals surface area contributed by atoms with Crippen LogP contribution in [0.25, 0.3) is 0 Å². The van der Waals surface area contributed by atoms with Gasteiger partial charge in [-0.3, -0.25) is 9.36 Å². The molecule has 0 aliphatic heterocycles. The molecule has 2 aromatic heterocycles. The molecule has 0 spiro atoms. The van der Waals surface area contributed by atoms with Gasteiger partial charge in [0.15, 0.2) is 0 Å². The van der Waals surface area contributed by atoms with E-state index in [2.05, 4.69) is 22.4 Å². The maximum absolute atomic E-state index is 6.22. The molecule has 6 heteroatoms. The van der Waals surface area contributed by atoms with Gasteiger partial charge in [-0.1, -0.05) is 18.5 Å². The smallest absolute Gasteiger partial charge is 0.0955 e. The molecule has 1 N–H and O–H groups in total. The number of nitrogens with zero attached hydrogens (tertiary/aromatic N) is 4. The van der Waals surface area contributed by atoms with E-state index in [9.17, 15) is 0 Å². The van der Waals surface area contributed by atoms with Gasteiger partial charge < -0.3 is 5.32 Å². The third-order valence-electron chi connectivity index (χ3n) is 2.84. The summed E-state index contributed by atoms with van der Waals surface area (Å²) in [7, 11) is 3.80. The highest BCUT2D eigenvalue weighted by molar-refractivity contribution is 6.31. The van der Waals surface area contributed by atoms with Gasteiger partial charge in [0.1, 0.15) is 0 Å². The maximum atomic E-state index is 6.22. The van der Waals surface area contributed by atoms with Crippen molar-refractivity contribution < 1.29 is 0 Å². The first kappa shape index (κ1) is 13.1. The van der Waals surface area contributed by atoms with Crippen LogP contribution in [0.1, 0.15) is 30.8 Å². The molecule has 2 aromatic rings. The second kappa shape index (κ2) is 5.54. The summed E-state index contributed by atoms with van der Waals surface area (Å²) in [5.41, 5.74) is 1.90. The van der Waals surface area contributed by atoms with Gasteiger partial charge in [0, 0.05) is 20.3 Å². The number of aromatic nitrogens is 4.